The van der Waals surface area contributed by atoms with Crippen molar-refractivity contribution in [3.63, 3.8) is 0 Å². The molecule has 4 rings (SSSR count). The highest BCUT2D eigenvalue weighted by molar-refractivity contribution is 5.70. The van der Waals surface area contributed by atoms with E-state index in [2.05, 4.69) is 13.0 Å². The Morgan fingerprint density at radius 1 is 0.788 bits per heavy atom. The number of hydrogen-bond acceptors (Lipinski definition) is 0. The largest absolute Gasteiger partial charge is 0.206 e. The summed E-state index contributed by atoms with van der Waals surface area (Å²) >= 11 is 0. The van der Waals surface area contributed by atoms with Gasteiger partial charge in [0.25, 0.3) is 0 Å². The Hall–Kier alpha value is -2.03. The zero-order valence-electron chi connectivity index (χ0n) is 19.9. The van der Waals surface area contributed by atoms with E-state index in [0.717, 1.165) is 48.3 Å². The molecule has 178 valence electrons. The predicted octanol–water partition coefficient (Wildman–Crippen LogP) is 9.66. The number of aryl methyl sites for hydroxylation is 1. The van der Waals surface area contributed by atoms with E-state index in [0.29, 0.717) is 0 Å². The molecule has 0 amide bonds. The van der Waals surface area contributed by atoms with Gasteiger partial charge in [0.1, 0.15) is 5.82 Å². The third-order valence-electron chi connectivity index (χ3n) is 7.85. The van der Waals surface area contributed by atoms with Gasteiger partial charge in [-0.25, -0.2) is 13.2 Å². The lowest BCUT2D eigenvalue weighted by Gasteiger charge is -2.29. The van der Waals surface area contributed by atoms with E-state index in [-0.39, 0.29) is 11.1 Å². The average Bonchev–Trinajstić information content (AvgIpc) is 2.82. The average molecular weight is 455 g/mol. The molecule has 0 atom stereocenters. The van der Waals surface area contributed by atoms with Crippen molar-refractivity contribution in [2.45, 2.75) is 90.4 Å². The fraction of sp³-hybridized carbons (Fsp3) is 0.533. The number of hydrogen-bond donors (Lipinski definition) is 0. The zero-order chi connectivity index (χ0) is 23.2. The van der Waals surface area contributed by atoms with Crippen molar-refractivity contribution in [2.24, 2.45) is 11.8 Å². The second kappa shape index (κ2) is 11.4. The zero-order valence-corrected chi connectivity index (χ0v) is 19.9. The molecule has 1 fully saturated rings. The summed E-state index contributed by atoms with van der Waals surface area (Å²) in [6.07, 6.45) is 18.7. The fourth-order valence-corrected chi connectivity index (χ4v) is 5.75. The van der Waals surface area contributed by atoms with E-state index in [9.17, 15) is 13.2 Å². The Balaban J connectivity index is 1.33. The van der Waals surface area contributed by atoms with E-state index in [1.54, 1.807) is 6.07 Å². The fourth-order valence-electron chi connectivity index (χ4n) is 5.75. The molecule has 33 heavy (non-hydrogen) atoms. The van der Waals surface area contributed by atoms with E-state index in [1.165, 1.54) is 88.0 Å². The lowest BCUT2D eigenvalue weighted by molar-refractivity contribution is 0.248. The van der Waals surface area contributed by atoms with Crippen molar-refractivity contribution in [1.29, 1.82) is 0 Å². The number of fused-ring (bicyclic) bond motifs is 1. The van der Waals surface area contributed by atoms with Gasteiger partial charge in [-0.15, -0.1) is 0 Å². The number of rotatable bonds is 9. The third kappa shape index (κ3) is 6.11. The molecule has 2 aromatic rings. The third-order valence-corrected chi connectivity index (χ3v) is 7.85. The molecule has 0 N–H and O–H groups in total. The van der Waals surface area contributed by atoms with E-state index >= 15 is 0 Å². The first-order valence-corrected chi connectivity index (χ1v) is 13.0. The van der Waals surface area contributed by atoms with Crippen LogP contribution >= 0.6 is 0 Å². The summed E-state index contributed by atoms with van der Waals surface area (Å²) in [5.74, 6) is -0.655. The second-order valence-electron chi connectivity index (χ2n) is 10.2. The number of halogens is 3. The van der Waals surface area contributed by atoms with E-state index in [4.69, 9.17) is 0 Å². The van der Waals surface area contributed by atoms with Crippen molar-refractivity contribution in [3.05, 3.63) is 64.5 Å². The first-order chi connectivity index (χ1) is 16.0. The van der Waals surface area contributed by atoms with Crippen LogP contribution in [0.3, 0.4) is 0 Å². The molecule has 0 spiro atoms. The first-order valence-electron chi connectivity index (χ1n) is 13.0. The molecule has 0 nitrogen and oxygen atoms in total. The maximum Gasteiger partial charge on any atom is 0.166 e. The topological polar surface area (TPSA) is 0 Å². The van der Waals surface area contributed by atoms with Gasteiger partial charge in [-0.3, -0.25) is 0 Å². The molecule has 1 saturated carbocycles. The Bertz CT molecular complexity index is 967. The van der Waals surface area contributed by atoms with Crippen molar-refractivity contribution < 1.29 is 13.2 Å². The van der Waals surface area contributed by atoms with Gasteiger partial charge in [0, 0.05) is 11.1 Å². The summed E-state index contributed by atoms with van der Waals surface area (Å²) in [6, 6.07) is 7.12. The Kier molecular flexibility index (Phi) is 8.33. The molecule has 0 radical (unpaired) electrons. The van der Waals surface area contributed by atoms with Crippen LogP contribution in [0.4, 0.5) is 13.2 Å². The van der Waals surface area contributed by atoms with Gasteiger partial charge in [0.05, 0.1) is 0 Å². The van der Waals surface area contributed by atoms with Crippen molar-refractivity contribution in [3.8, 4) is 11.1 Å². The van der Waals surface area contributed by atoms with Crippen LogP contribution in [-0.4, -0.2) is 0 Å². The quantitative estimate of drug-likeness (QED) is 0.331. The minimum Gasteiger partial charge on any atom is -0.206 e. The van der Waals surface area contributed by atoms with Gasteiger partial charge in [-0.2, -0.15) is 0 Å². The lowest BCUT2D eigenvalue weighted by Crippen LogP contribution is -2.15. The maximum absolute atomic E-state index is 14.8. The molecule has 0 heterocycles. The minimum absolute atomic E-state index is 0.00829. The van der Waals surface area contributed by atoms with Crippen molar-refractivity contribution in [1.82, 2.24) is 0 Å². The number of unbranched alkanes of at least 4 members (excludes halogenated alkanes) is 3. The molecule has 2 aromatic carbocycles. The van der Waals surface area contributed by atoms with Crippen LogP contribution in [0, 0.1) is 29.3 Å². The summed E-state index contributed by atoms with van der Waals surface area (Å²) in [5, 5.41) is 0. The van der Waals surface area contributed by atoms with Crippen LogP contribution in [0.25, 0.3) is 17.2 Å². The van der Waals surface area contributed by atoms with Crippen LogP contribution in [0.15, 0.2) is 35.9 Å². The van der Waals surface area contributed by atoms with Crippen LogP contribution in [0.5, 0.6) is 0 Å². The molecule has 3 heteroatoms. The Morgan fingerprint density at radius 3 is 2.30 bits per heavy atom. The number of benzene rings is 2. The molecular weight excluding hydrogens is 417 g/mol. The standard InChI is InChI=1S/C30H37F3/c1-2-3-4-5-7-21-10-12-22(13-11-21)14-15-23-16-17-24-19-27(29(32)20-25(24)18-23)26-8-6-9-28(31)30(26)33/h6,8-9,18-22H,2-5,7,10-17H2,1H3. The molecule has 0 aliphatic heterocycles. The van der Waals surface area contributed by atoms with Gasteiger partial charge < -0.3 is 0 Å². The molecule has 0 unspecified atom stereocenters. The lowest BCUT2D eigenvalue weighted by atomic mass is 9.77. The first kappa shape index (κ1) is 24.1. The predicted molar refractivity (Wildman–Crippen MR) is 131 cm³/mol. The summed E-state index contributed by atoms with van der Waals surface area (Å²) < 4.78 is 42.7. The summed E-state index contributed by atoms with van der Waals surface area (Å²) in [5.41, 5.74) is 3.45. The maximum atomic E-state index is 14.8. The summed E-state index contributed by atoms with van der Waals surface area (Å²) in [7, 11) is 0. The number of allylic oxidation sites excluding steroid dienone is 1. The Labute approximate surface area is 197 Å². The molecule has 2 aliphatic rings. The highest BCUT2D eigenvalue weighted by Gasteiger charge is 2.22. The van der Waals surface area contributed by atoms with Crippen LogP contribution in [0.1, 0.15) is 95.1 Å². The van der Waals surface area contributed by atoms with Gasteiger partial charge in [-0.1, -0.05) is 88.5 Å². The molecule has 0 bridgehead atoms. The monoisotopic (exact) mass is 454 g/mol. The van der Waals surface area contributed by atoms with E-state index < -0.39 is 17.5 Å². The van der Waals surface area contributed by atoms with E-state index in [1.807, 2.05) is 0 Å². The van der Waals surface area contributed by atoms with Crippen LogP contribution < -0.4 is 0 Å². The van der Waals surface area contributed by atoms with Crippen LogP contribution in [-0.2, 0) is 6.42 Å². The Morgan fingerprint density at radius 2 is 1.55 bits per heavy atom. The van der Waals surface area contributed by atoms with Crippen molar-refractivity contribution >= 4 is 6.08 Å². The smallest absolute Gasteiger partial charge is 0.166 e. The molecule has 0 aromatic heterocycles. The highest BCUT2D eigenvalue weighted by atomic mass is 19.2. The van der Waals surface area contributed by atoms with Gasteiger partial charge in [-0.05, 0) is 66.8 Å². The summed E-state index contributed by atoms with van der Waals surface area (Å²) in [4.78, 5) is 0. The molecule has 0 saturated heterocycles. The molecule has 2 aliphatic carbocycles. The van der Waals surface area contributed by atoms with Crippen LogP contribution in [0.2, 0.25) is 0 Å². The minimum atomic E-state index is -0.987. The highest BCUT2D eigenvalue weighted by Crippen LogP contribution is 2.37. The van der Waals surface area contributed by atoms with Gasteiger partial charge >= 0.3 is 0 Å². The normalized spacial score (nSPS) is 20.4. The second-order valence-corrected chi connectivity index (χ2v) is 10.2. The van der Waals surface area contributed by atoms with Gasteiger partial charge in [0.15, 0.2) is 11.6 Å². The molecular formula is C30H37F3. The summed E-state index contributed by atoms with van der Waals surface area (Å²) in [6.45, 7) is 2.27. The van der Waals surface area contributed by atoms with Gasteiger partial charge in [0.2, 0.25) is 0 Å². The van der Waals surface area contributed by atoms with Crippen molar-refractivity contribution in [2.75, 3.05) is 0 Å². The SMILES string of the molecule is CCCCCCC1CCC(CCC2=Cc3cc(F)c(-c4cccc(F)c4F)cc3CC2)CC1.